The molecule has 2 aromatic rings. The molecule has 3 heterocycles. The Morgan fingerprint density at radius 3 is 2.83 bits per heavy atom. The van der Waals surface area contributed by atoms with E-state index >= 15 is 0 Å². The Bertz CT molecular complexity index is 682. The molecule has 0 saturated carbocycles. The van der Waals surface area contributed by atoms with Gasteiger partial charge in [0, 0.05) is 37.0 Å². The highest BCUT2D eigenvalue weighted by atomic mass is 16.4. The maximum Gasteiger partial charge on any atom is 0.233 e. The fourth-order valence-corrected chi connectivity index (χ4v) is 3.12. The molecule has 24 heavy (non-hydrogen) atoms. The second-order valence-electron chi connectivity index (χ2n) is 7.78. The molecular weight excluding hydrogens is 302 g/mol. The zero-order valence-electron chi connectivity index (χ0n) is 15.5. The monoisotopic (exact) mass is 331 g/mol. The Hall–Kier alpha value is -1.69. The summed E-state index contributed by atoms with van der Waals surface area (Å²) in [5.41, 5.74) is 1.28. The van der Waals surface area contributed by atoms with E-state index in [9.17, 15) is 0 Å². The van der Waals surface area contributed by atoms with Crippen LogP contribution in [0.5, 0.6) is 0 Å². The second-order valence-corrected chi connectivity index (χ2v) is 7.78. The molecular formula is C18H29N5O. The fraction of sp³-hybridized carbons (Fsp3) is 0.722. The molecule has 0 bridgehead atoms. The first-order valence-electron chi connectivity index (χ1n) is 9.01. The average molecular weight is 331 g/mol. The summed E-state index contributed by atoms with van der Waals surface area (Å²) >= 11 is 0. The molecule has 3 rings (SSSR count). The maximum atomic E-state index is 5.65. The minimum Gasteiger partial charge on any atom is -0.424 e. The number of aromatic nitrogens is 4. The minimum atomic E-state index is 0.0604. The molecule has 0 fully saturated rings. The van der Waals surface area contributed by atoms with Crippen molar-refractivity contribution in [1.29, 1.82) is 0 Å². The van der Waals surface area contributed by atoms with Crippen LogP contribution in [0.15, 0.2) is 10.6 Å². The first-order valence-corrected chi connectivity index (χ1v) is 9.01. The predicted molar refractivity (Wildman–Crippen MR) is 93.0 cm³/mol. The van der Waals surface area contributed by atoms with Gasteiger partial charge in [0.15, 0.2) is 0 Å². The summed E-state index contributed by atoms with van der Waals surface area (Å²) in [6, 6.07) is 0.0604. The van der Waals surface area contributed by atoms with Crippen molar-refractivity contribution in [2.75, 3.05) is 6.54 Å². The standard InChI is InChI=1S/C18H29N5O/c1-6-15-21-22-17(24-15)12(2)19-10-13-8-7-9-23-11-14(18(3,4)5)20-16(13)23/h11-13,19H,6-10H2,1-5H3. The van der Waals surface area contributed by atoms with Gasteiger partial charge in [-0.25, -0.2) is 4.98 Å². The van der Waals surface area contributed by atoms with Gasteiger partial charge in [0.05, 0.1) is 11.7 Å². The number of hydrogen-bond acceptors (Lipinski definition) is 5. The number of hydrogen-bond donors (Lipinski definition) is 1. The molecule has 132 valence electrons. The molecule has 0 spiro atoms. The van der Waals surface area contributed by atoms with Crippen molar-refractivity contribution in [3.8, 4) is 0 Å². The van der Waals surface area contributed by atoms with E-state index in [2.05, 4.69) is 54.0 Å². The zero-order valence-corrected chi connectivity index (χ0v) is 15.5. The number of nitrogens with one attached hydrogen (secondary N) is 1. The Labute approximate surface area is 144 Å². The third-order valence-electron chi connectivity index (χ3n) is 4.72. The van der Waals surface area contributed by atoms with Crippen LogP contribution in [0, 0.1) is 0 Å². The van der Waals surface area contributed by atoms with Crippen LogP contribution in [0.25, 0.3) is 0 Å². The molecule has 1 N–H and O–H groups in total. The van der Waals surface area contributed by atoms with E-state index in [-0.39, 0.29) is 11.5 Å². The third kappa shape index (κ3) is 3.53. The second kappa shape index (κ2) is 6.67. The van der Waals surface area contributed by atoms with Crippen molar-refractivity contribution in [3.05, 3.63) is 29.5 Å². The molecule has 0 amide bonds. The quantitative estimate of drug-likeness (QED) is 0.910. The van der Waals surface area contributed by atoms with Crippen LogP contribution in [0.3, 0.4) is 0 Å². The van der Waals surface area contributed by atoms with Gasteiger partial charge in [0.2, 0.25) is 11.8 Å². The molecule has 6 nitrogen and oxygen atoms in total. The van der Waals surface area contributed by atoms with Crippen LogP contribution in [-0.4, -0.2) is 26.3 Å². The van der Waals surface area contributed by atoms with Gasteiger partial charge in [-0.3, -0.25) is 0 Å². The Morgan fingerprint density at radius 1 is 1.38 bits per heavy atom. The lowest BCUT2D eigenvalue weighted by molar-refractivity contribution is 0.365. The molecule has 2 unspecified atom stereocenters. The molecule has 2 aromatic heterocycles. The fourth-order valence-electron chi connectivity index (χ4n) is 3.12. The Kier molecular flexibility index (Phi) is 4.76. The van der Waals surface area contributed by atoms with E-state index in [4.69, 9.17) is 9.40 Å². The average Bonchev–Trinajstić information content (AvgIpc) is 3.18. The third-order valence-corrected chi connectivity index (χ3v) is 4.72. The van der Waals surface area contributed by atoms with E-state index < -0.39 is 0 Å². The lowest BCUT2D eigenvalue weighted by Crippen LogP contribution is -2.28. The van der Waals surface area contributed by atoms with Gasteiger partial charge in [0.25, 0.3) is 0 Å². The Morgan fingerprint density at radius 2 is 2.17 bits per heavy atom. The number of imidazole rings is 1. The van der Waals surface area contributed by atoms with Crippen LogP contribution in [0.4, 0.5) is 0 Å². The highest BCUT2D eigenvalue weighted by Gasteiger charge is 2.27. The number of nitrogens with zero attached hydrogens (tertiary/aromatic N) is 4. The van der Waals surface area contributed by atoms with E-state index in [1.54, 1.807) is 0 Å². The summed E-state index contributed by atoms with van der Waals surface area (Å²) in [6.07, 6.45) is 5.38. The van der Waals surface area contributed by atoms with Crippen molar-refractivity contribution >= 4 is 0 Å². The van der Waals surface area contributed by atoms with Crippen molar-refractivity contribution < 1.29 is 4.42 Å². The maximum absolute atomic E-state index is 5.65. The van der Waals surface area contributed by atoms with E-state index in [1.165, 1.54) is 24.4 Å². The molecule has 6 heteroatoms. The van der Waals surface area contributed by atoms with E-state index in [0.717, 1.165) is 19.5 Å². The molecule has 0 aliphatic carbocycles. The van der Waals surface area contributed by atoms with Crippen LogP contribution in [0.2, 0.25) is 0 Å². The van der Waals surface area contributed by atoms with Gasteiger partial charge < -0.3 is 14.3 Å². The smallest absolute Gasteiger partial charge is 0.233 e. The summed E-state index contributed by atoms with van der Waals surface area (Å²) in [4.78, 5) is 4.94. The lowest BCUT2D eigenvalue weighted by Gasteiger charge is -2.24. The molecule has 0 saturated heterocycles. The molecule has 0 radical (unpaired) electrons. The number of rotatable bonds is 5. The van der Waals surface area contributed by atoms with Crippen LogP contribution >= 0.6 is 0 Å². The lowest BCUT2D eigenvalue weighted by atomic mass is 9.93. The van der Waals surface area contributed by atoms with Crippen molar-refractivity contribution in [2.45, 2.75) is 77.8 Å². The summed E-state index contributed by atoms with van der Waals surface area (Å²) in [5.74, 6) is 3.01. The van der Waals surface area contributed by atoms with E-state index in [0.29, 0.717) is 17.7 Å². The first-order chi connectivity index (χ1) is 11.4. The highest BCUT2D eigenvalue weighted by molar-refractivity contribution is 5.17. The largest absolute Gasteiger partial charge is 0.424 e. The van der Waals surface area contributed by atoms with Crippen molar-refractivity contribution in [2.24, 2.45) is 0 Å². The van der Waals surface area contributed by atoms with Gasteiger partial charge >= 0.3 is 0 Å². The summed E-state index contributed by atoms with van der Waals surface area (Å²) in [7, 11) is 0. The van der Waals surface area contributed by atoms with Crippen LogP contribution < -0.4 is 5.32 Å². The minimum absolute atomic E-state index is 0.0604. The van der Waals surface area contributed by atoms with Gasteiger partial charge in [-0.1, -0.05) is 27.7 Å². The zero-order chi connectivity index (χ0) is 17.3. The van der Waals surface area contributed by atoms with Crippen molar-refractivity contribution in [1.82, 2.24) is 25.1 Å². The summed E-state index contributed by atoms with van der Waals surface area (Å²) in [5, 5.41) is 11.7. The predicted octanol–water partition coefficient (Wildman–Crippen LogP) is 3.35. The molecule has 1 aliphatic rings. The van der Waals surface area contributed by atoms with Crippen molar-refractivity contribution in [3.63, 3.8) is 0 Å². The Balaban J connectivity index is 1.67. The summed E-state index contributed by atoms with van der Waals surface area (Å²) < 4.78 is 7.98. The van der Waals surface area contributed by atoms with Gasteiger partial charge in [-0.05, 0) is 19.8 Å². The first kappa shape index (κ1) is 17.1. The molecule has 1 aliphatic heterocycles. The van der Waals surface area contributed by atoms with Gasteiger partial charge in [-0.2, -0.15) is 0 Å². The normalized spacial score (nSPS) is 19.3. The number of fused-ring (bicyclic) bond motifs is 1. The van der Waals surface area contributed by atoms with Crippen LogP contribution in [0.1, 0.15) is 82.7 Å². The molecule has 0 aromatic carbocycles. The van der Waals surface area contributed by atoms with Crippen LogP contribution in [-0.2, 0) is 18.4 Å². The number of aryl methyl sites for hydroxylation is 2. The summed E-state index contributed by atoms with van der Waals surface area (Å²) in [6.45, 7) is 12.7. The topological polar surface area (TPSA) is 68.8 Å². The van der Waals surface area contributed by atoms with E-state index in [1.807, 2.05) is 6.92 Å². The SMILES string of the molecule is CCc1nnc(C(C)NCC2CCCn3cc(C(C)(C)C)nc32)o1. The van der Waals surface area contributed by atoms with Gasteiger partial charge in [-0.15, -0.1) is 10.2 Å². The molecule has 2 atom stereocenters. The van der Waals surface area contributed by atoms with Gasteiger partial charge in [0.1, 0.15) is 5.82 Å². The highest BCUT2D eigenvalue weighted by Crippen LogP contribution is 2.30.